The minimum Gasteiger partial charge on any atom is -0.484 e. The maximum Gasteiger partial charge on any atom is 0.260 e. The van der Waals surface area contributed by atoms with Gasteiger partial charge in [0, 0.05) is 24.1 Å². The molecule has 0 saturated heterocycles. The van der Waals surface area contributed by atoms with Crippen LogP contribution in [-0.2, 0) is 4.79 Å². The van der Waals surface area contributed by atoms with Crippen LogP contribution in [-0.4, -0.2) is 37.0 Å². The number of rotatable bonds is 5. The lowest BCUT2D eigenvalue weighted by atomic mass is 10.1. The third-order valence-corrected chi connectivity index (χ3v) is 4.02. The Morgan fingerprint density at radius 3 is 2.59 bits per heavy atom. The summed E-state index contributed by atoms with van der Waals surface area (Å²) in [7, 11) is 1.74. The zero-order valence-electron chi connectivity index (χ0n) is 12.6. The fraction of sp³-hybridized carbons (Fsp3) is 0.312. The van der Waals surface area contributed by atoms with Crippen molar-refractivity contribution in [3.63, 3.8) is 0 Å². The maximum atomic E-state index is 12.0. The Bertz CT molecular complexity index is 651. The molecule has 0 aromatic heterocycles. The van der Waals surface area contributed by atoms with E-state index in [9.17, 15) is 4.79 Å². The van der Waals surface area contributed by atoms with Crippen LogP contribution in [0.15, 0.2) is 40.9 Å². The SMILES string of the molecule is CC(CN)N(C)C(=O)COc1ccc2cc(Br)ccc2c1.Cl. The molecule has 0 fully saturated rings. The molecular formula is C16H20BrClN2O2. The molecule has 6 heteroatoms. The number of nitrogens with two attached hydrogens (primary N) is 1. The molecule has 2 aromatic carbocycles. The van der Waals surface area contributed by atoms with Gasteiger partial charge in [-0.3, -0.25) is 4.79 Å². The van der Waals surface area contributed by atoms with E-state index in [0.29, 0.717) is 12.3 Å². The third kappa shape index (κ3) is 4.60. The summed E-state index contributed by atoms with van der Waals surface area (Å²) in [5.74, 6) is 0.607. The van der Waals surface area contributed by atoms with Gasteiger partial charge in [0.2, 0.25) is 0 Å². The smallest absolute Gasteiger partial charge is 0.260 e. The van der Waals surface area contributed by atoms with Crippen molar-refractivity contribution >= 4 is 45.0 Å². The predicted octanol–water partition coefficient (Wildman–Crippen LogP) is 3.21. The number of halogens is 2. The molecule has 0 spiro atoms. The first-order chi connectivity index (χ1) is 10.0. The number of benzene rings is 2. The zero-order chi connectivity index (χ0) is 15.4. The van der Waals surface area contributed by atoms with Crippen molar-refractivity contribution in [3.05, 3.63) is 40.9 Å². The maximum absolute atomic E-state index is 12.0. The van der Waals surface area contributed by atoms with E-state index in [0.717, 1.165) is 15.2 Å². The van der Waals surface area contributed by atoms with Crippen LogP contribution in [0.2, 0.25) is 0 Å². The number of amides is 1. The van der Waals surface area contributed by atoms with Gasteiger partial charge in [0.25, 0.3) is 5.91 Å². The van der Waals surface area contributed by atoms with Crippen LogP contribution in [0.5, 0.6) is 5.75 Å². The fourth-order valence-electron chi connectivity index (χ4n) is 1.94. The second-order valence-electron chi connectivity index (χ2n) is 5.03. The molecule has 1 unspecified atom stereocenters. The van der Waals surface area contributed by atoms with Crippen molar-refractivity contribution in [1.82, 2.24) is 4.90 Å². The molecule has 4 nitrogen and oxygen atoms in total. The summed E-state index contributed by atoms with van der Waals surface area (Å²) in [5.41, 5.74) is 5.55. The van der Waals surface area contributed by atoms with Gasteiger partial charge in [-0.05, 0) is 42.0 Å². The fourth-order valence-corrected chi connectivity index (χ4v) is 2.31. The van der Waals surface area contributed by atoms with E-state index in [4.69, 9.17) is 10.5 Å². The third-order valence-electron chi connectivity index (χ3n) is 3.53. The molecule has 0 saturated carbocycles. The lowest BCUT2D eigenvalue weighted by Crippen LogP contribution is -2.42. The molecule has 2 rings (SSSR count). The van der Waals surface area contributed by atoms with Crippen molar-refractivity contribution in [3.8, 4) is 5.75 Å². The van der Waals surface area contributed by atoms with Crippen LogP contribution in [0, 0.1) is 0 Å². The van der Waals surface area contributed by atoms with E-state index in [1.54, 1.807) is 11.9 Å². The van der Waals surface area contributed by atoms with Gasteiger partial charge < -0.3 is 15.4 Å². The number of hydrogen-bond acceptors (Lipinski definition) is 3. The monoisotopic (exact) mass is 386 g/mol. The average molecular weight is 388 g/mol. The highest BCUT2D eigenvalue weighted by Gasteiger charge is 2.14. The van der Waals surface area contributed by atoms with Crippen molar-refractivity contribution in [2.75, 3.05) is 20.2 Å². The summed E-state index contributed by atoms with van der Waals surface area (Å²) in [5, 5.41) is 2.20. The molecule has 120 valence electrons. The van der Waals surface area contributed by atoms with Crippen LogP contribution in [0.3, 0.4) is 0 Å². The lowest BCUT2D eigenvalue weighted by Gasteiger charge is -2.23. The first-order valence-corrected chi connectivity index (χ1v) is 7.58. The summed E-state index contributed by atoms with van der Waals surface area (Å²) in [6.07, 6.45) is 0. The highest BCUT2D eigenvalue weighted by atomic mass is 79.9. The summed E-state index contributed by atoms with van der Waals surface area (Å²) >= 11 is 3.45. The predicted molar refractivity (Wildman–Crippen MR) is 95.7 cm³/mol. The van der Waals surface area contributed by atoms with E-state index < -0.39 is 0 Å². The molecule has 2 N–H and O–H groups in total. The average Bonchev–Trinajstić information content (AvgIpc) is 2.50. The number of nitrogens with zero attached hydrogens (tertiary/aromatic N) is 1. The van der Waals surface area contributed by atoms with Crippen LogP contribution in [0.25, 0.3) is 10.8 Å². The van der Waals surface area contributed by atoms with Gasteiger partial charge in [0.05, 0.1) is 0 Å². The Labute approximate surface area is 145 Å². The Morgan fingerprint density at radius 2 is 1.91 bits per heavy atom. The minimum atomic E-state index is -0.0798. The largest absolute Gasteiger partial charge is 0.484 e. The summed E-state index contributed by atoms with van der Waals surface area (Å²) in [6, 6.07) is 11.8. The number of hydrogen-bond donors (Lipinski definition) is 1. The van der Waals surface area contributed by atoms with Gasteiger partial charge in [0.1, 0.15) is 5.75 Å². The van der Waals surface area contributed by atoms with Crippen molar-refractivity contribution in [2.24, 2.45) is 5.73 Å². The van der Waals surface area contributed by atoms with Crippen LogP contribution >= 0.6 is 28.3 Å². The number of carbonyl (C=O) groups is 1. The molecule has 22 heavy (non-hydrogen) atoms. The second kappa shape index (κ2) is 8.36. The molecule has 0 aliphatic carbocycles. The molecule has 0 radical (unpaired) electrons. The number of fused-ring (bicyclic) bond motifs is 1. The Hall–Kier alpha value is -1.30. The van der Waals surface area contributed by atoms with Crippen molar-refractivity contribution < 1.29 is 9.53 Å². The van der Waals surface area contributed by atoms with E-state index in [-0.39, 0.29) is 31.0 Å². The van der Waals surface area contributed by atoms with E-state index in [2.05, 4.69) is 15.9 Å². The van der Waals surface area contributed by atoms with Crippen molar-refractivity contribution in [2.45, 2.75) is 13.0 Å². The quantitative estimate of drug-likeness (QED) is 0.857. The first-order valence-electron chi connectivity index (χ1n) is 6.79. The zero-order valence-corrected chi connectivity index (χ0v) is 15.0. The highest BCUT2D eigenvalue weighted by molar-refractivity contribution is 9.10. The molecule has 0 aliphatic rings. The van der Waals surface area contributed by atoms with E-state index in [1.165, 1.54) is 0 Å². The summed E-state index contributed by atoms with van der Waals surface area (Å²) < 4.78 is 6.62. The highest BCUT2D eigenvalue weighted by Crippen LogP contribution is 2.24. The molecule has 0 heterocycles. The molecule has 1 atom stereocenters. The summed E-state index contributed by atoms with van der Waals surface area (Å²) in [6.45, 7) is 2.36. The summed E-state index contributed by atoms with van der Waals surface area (Å²) in [4.78, 5) is 13.6. The van der Waals surface area contributed by atoms with Gasteiger partial charge in [-0.15, -0.1) is 12.4 Å². The number of ether oxygens (including phenoxy) is 1. The van der Waals surface area contributed by atoms with Crippen LogP contribution in [0.4, 0.5) is 0 Å². The van der Waals surface area contributed by atoms with E-state index in [1.807, 2.05) is 43.3 Å². The Kier molecular flexibility index (Phi) is 7.13. The second-order valence-corrected chi connectivity index (χ2v) is 5.95. The van der Waals surface area contributed by atoms with Crippen LogP contribution in [0.1, 0.15) is 6.92 Å². The van der Waals surface area contributed by atoms with Gasteiger partial charge in [-0.1, -0.05) is 28.1 Å². The molecule has 1 amide bonds. The van der Waals surface area contributed by atoms with Gasteiger partial charge in [0.15, 0.2) is 6.61 Å². The number of likely N-dealkylation sites (N-methyl/N-ethyl adjacent to an activating group) is 1. The minimum absolute atomic E-state index is 0. The topological polar surface area (TPSA) is 55.6 Å². The first kappa shape index (κ1) is 18.7. The van der Waals surface area contributed by atoms with Gasteiger partial charge in [-0.25, -0.2) is 0 Å². The lowest BCUT2D eigenvalue weighted by molar-refractivity contribution is -0.133. The molecule has 0 bridgehead atoms. The van der Waals surface area contributed by atoms with Gasteiger partial charge in [-0.2, -0.15) is 0 Å². The van der Waals surface area contributed by atoms with E-state index >= 15 is 0 Å². The van der Waals surface area contributed by atoms with Gasteiger partial charge >= 0.3 is 0 Å². The molecule has 2 aromatic rings. The standard InChI is InChI=1S/C16H19BrN2O2.ClH/c1-11(9-18)19(2)16(20)10-21-15-6-4-12-7-14(17)5-3-13(12)8-15;/h3-8,11H,9-10,18H2,1-2H3;1H. The molecular weight excluding hydrogens is 368 g/mol. The van der Waals surface area contributed by atoms with Crippen molar-refractivity contribution in [1.29, 1.82) is 0 Å². The normalized spacial score (nSPS) is 11.6. The molecule has 0 aliphatic heterocycles. The Balaban J connectivity index is 0.00000242. The Morgan fingerprint density at radius 1 is 1.27 bits per heavy atom. The van der Waals surface area contributed by atoms with Crippen LogP contribution < -0.4 is 10.5 Å². The number of carbonyl (C=O) groups excluding carboxylic acids is 1.